The van der Waals surface area contributed by atoms with Crippen molar-refractivity contribution in [3.05, 3.63) is 23.8 Å². The molecule has 0 bridgehead atoms. The zero-order valence-electron chi connectivity index (χ0n) is 10.4. The number of nitrogens with one attached hydrogen (secondary N) is 1. The summed E-state index contributed by atoms with van der Waals surface area (Å²) < 4.78 is 6.00. The van der Waals surface area contributed by atoms with Crippen molar-refractivity contribution in [1.29, 1.82) is 0 Å². The third-order valence-corrected chi connectivity index (χ3v) is 3.73. The number of benzene rings is 1. The van der Waals surface area contributed by atoms with E-state index in [1.807, 2.05) is 0 Å². The maximum Gasteiger partial charge on any atom is 0.121 e. The van der Waals surface area contributed by atoms with E-state index >= 15 is 0 Å². The fourth-order valence-electron chi connectivity index (χ4n) is 2.73. The Morgan fingerprint density at radius 2 is 2.35 bits per heavy atom. The summed E-state index contributed by atoms with van der Waals surface area (Å²) in [5, 5.41) is 3.33. The average molecular weight is 232 g/mol. The molecule has 3 heteroatoms. The minimum atomic E-state index is 0.349. The van der Waals surface area contributed by atoms with E-state index in [1.165, 1.54) is 24.1 Å². The summed E-state index contributed by atoms with van der Waals surface area (Å²) >= 11 is 0. The molecule has 2 aliphatic rings. The summed E-state index contributed by atoms with van der Waals surface area (Å²) in [6, 6.07) is 6.55. The lowest BCUT2D eigenvalue weighted by atomic mass is 10.0. The van der Waals surface area contributed by atoms with Crippen molar-refractivity contribution in [2.24, 2.45) is 0 Å². The Hall–Kier alpha value is -1.22. The summed E-state index contributed by atoms with van der Waals surface area (Å²) in [4.78, 5) is 2.33. The molecule has 0 amide bonds. The van der Waals surface area contributed by atoms with Crippen molar-refractivity contribution in [2.45, 2.75) is 25.4 Å². The van der Waals surface area contributed by atoms with Gasteiger partial charge in [0.15, 0.2) is 0 Å². The van der Waals surface area contributed by atoms with Crippen LogP contribution < -0.4 is 15.0 Å². The van der Waals surface area contributed by atoms with Crippen LogP contribution in [-0.2, 0) is 6.42 Å². The number of rotatable bonds is 2. The van der Waals surface area contributed by atoms with Crippen LogP contribution in [0.5, 0.6) is 5.75 Å². The molecule has 1 saturated heterocycles. The number of anilines is 1. The van der Waals surface area contributed by atoms with Crippen LogP contribution in [0, 0.1) is 0 Å². The first-order valence-electron chi connectivity index (χ1n) is 6.54. The third-order valence-electron chi connectivity index (χ3n) is 3.73. The van der Waals surface area contributed by atoms with E-state index in [0.29, 0.717) is 6.10 Å². The molecule has 1 N–H and O–H groups in total. The Bertz CT molecular complexity index is 399. The Morgan fingerprint density at radius 1 is 1.41 bits per heavy atom. The molecule has 0 aromatic heterocycles. The van der Waals surface area contributed by atoms with Crippen molar-refractivity contribution in [3.63, 3.8) is 0 Å². The Labute approximate surface area is 103 Å². The van der Waals surface area contributed by atoms with Gasteiger partial charge in [0, 0.05) is 31.9 Å². The molecule has 0 spiro atoms. The molecule has 1 fully saturated rings. The molecule has 0 aliphatic carbocycles. The third kappa shape index (κ3) is 2.25. The number of ether oxygens (including phenoxy) is 1. The monoisotopic (exact) mass is 232 g/mol. The SMILES string of the molecule is CN1CCCc2ccc(OC3CCNC3)cc21. The molecule has 1 unspecified atom stereocenters. The fourth-order valence-corrected chi connectivity index (χ4v) is 2.73. The number of fused-ring (bicyclic) bond motifs is 1. The zero-order valence-corrected chi connectivity index (χ0v) is 10.4. The summed E-state index contributed by atoms with van der Waals surface area (Å²) in [6.45, 7) is 3.21. The van der Waals surface area contributed by atoms with Gasteiger partial charge in [-0.2, -0.15) is 0 Å². The van der Waals surface area contributed by atoms with Gasteiger partial charge in [0.2, 0.25) is 0 Å². The smallest absolute Gasteiger partial charge is 0.121 e. The highest BCUT2D eigenvalue weighted by atomic mass is 16.5. The Morgan fingerprint density at radius 3 is 3.18 bits per heavy atom. The van der Waals surface area contributed by atoms with Crippen molar-refractivity contribution < 1.29 is 4.74 Å². The maximum absolute atomic E-state index is 6.00. The molecule has 0 saturated carbocycles. The first-order valence-corrected chi connectivity index (χ1v) is 6.54. The van der Waals surface area contributed by atoms with Crippen LogP contribution in [0.15, 0.2) is 18.2 Å². The molecule has 1 aromatic rings. The molecule has 92 valence electrons. The fraction of sp³-hybridized carbons (Fsp3) is 0.571. The number of aryl methyl sites for hydroxylation is 1. The van der Waals surface area contributed by atoms with Gasteiger partial charge in [-0.05, 0) is 37.4 Å². The van der Waals surface area contributed by atoms with Crippen molar-refractivity contribution >= 4 is 5.69 Å². The van der Waals surface area contributed by atoms with Gasteiger partial charge in [0.25, 0.3) is 0 Å². The van der Waals surface area contributed by atoms with Crippen molar-refractivity contribution in [1.82, 2.24) is 5.32 Å². The van der Waals surface area contributed by atoms with Crippen LogP contribution in [0.2, 0.25) is 0 Å². The second kappa shape index (κ2) is 4.57. The number of hydrogen-bond acceptors (Lipinski definition) is 3. The quantitative estimate of drug-likeness (QED) is 0.841. The number of hydrogen-bond donors (Lipinski definition) is 1. The van der Waals surface area contributed by atoms with Gasteiger partial charge in [-0.15, -0.1) is 0 Å². The second-order valence-electron chi connectivity index (χ2n) is 5.05. The minimum Gasteiger partial charge on any atom is -0.489 e. The lowest BCUT2D eigenvalue weighted by Crippen LogP contribution is -2.25. The summed E-state index contributed by atoms with van der Waals surface area (Å²) in [7, 11) is 2.17. The standard InChI is InChI=1S/C14H20N2O/c1-16-8-2-3-11-4-5-12(9-14(11)16)17-13-6-7-15-10-13/h4-5,9,13,15H,2-3,6-8,10H2,1H3. The topological polar surface area (TPSA) is 24.5 Å². The summed E-state index contributed by atoms with van der Waals surface area (Å²) in [6.07, 6.45) is 3.93. The lowest BCUT2D eigenvalue weighted by molar-refractivity contribution is 0.223. The van der Waals surface area contributed by atoms with E-state index < -0.39 is 0 Å². The van der Waals surface area contributed by atoms with Gasteiger partial charge in [-0.25, -0.2) is 0 Å². The highest BCUT2D eigenvalue weighted by Gasteiger charge is 2.18. The van der Waals surface area contributed by atoms with E-state index in [0.717, 1.165) is 31.8 Å². The van der Waals surface area contributed by atoms with Crippen LogP contribution in [0.3, 0.4) is 0 Å². The Kier molecular flexibility index (Phi) is 2.93. The van der Waals surface area contributed by atoms with E-state index in [4.69, 9.17) is 4.74 Å². The van der Waals surface area contributed by atoms with Gasteiger partial charge >= 0.3 is 0 Å². The summed E-state index contributed by atoms with van der Waals surface area (Å²) in [5.41, 5.74) is 2.80. The molecule has 1 atom stereocenters. The van der Waals surface area contributed by atoms with Gasteiger partial charge in [0.1, 0.15) is 11.9 Å². The zero-order chi connectivity index (χ0) is 11.7. The second-order valence-corrected chi connectivity index (χ2v) is 5.05. The molecule has 17 heavy (non-hydrogen) atoms. The minimum absolute atomic E-state index is 0.349. The Balaban J connectivity index is 1.79. The lowest BCUT2D eigenvalue weighted by Gasteiger charge is -2.28. The largest absolute Gasteiger partial charge is 0.489 e. The van der Waals surface area contributed by atoms with Gasteiger partial charge in [-0.3, -0.25) is 0 Å². The van der Waals surface area contributed by atoms with E-state index in [1.54, 1.807) is 0 Å². The normalized spacial score (nSPS) is 23.6. The number of nitrogens with zero attached hydrogens (tertiary/aromatic N) is 1. The van der Waals surface area contributed by atoms with Gasteiger partial charge in [0.05, 0.1) is 0 Å². The maximum atomic E-state index is 6.00. The van der Waals surface area contributed by atoms with Crippen LogP contribution in [-0.4, -0.2) is 32.8 Å². The first kappa shape index (κ1) is 10.9. The molecule has 3 rings (SSSR count). The molecular formula is C14H20N2O. The average Bonchev–Trinajstić information content (AvgIpc) is 2.83. The molecule has 0 radical (unpaired) electrons. The molecule has 3 nitrogen and oxygen atoms in total. The van der Waals surface area contributed by atoms with E-state index in [2.05, 4.69) is 35.5 Å². The van der Waals surface area contributed by atoms with Gasteiger partial charge in [-0.1, -0.05) is 6.07 Å². The predicted molar refractivity (Wildman–Crippen MR) is 69.9 cm³/mol. The van der Waals surface area contributed by atoms with E-state index in [9.17, 15) is 0 Å². The summed E-state index contributed by atoms with van der Waals surface area (Å²) in [5.74, 6) is 1.02. The van der Waals surface area contributed by atoms with Crippen LogP contribution in [0.4, 0.5) is 5.69 Å². The van der Waals surface area contributed by atoms with Gasteiger partial charge < -0.3 is 15.0 Å². The first-order chi connectivity index (χ1) is 8.33. The van der Waals surface area contributed by atoms with Crippen LogP contribution >= 0.6 is 0 Å². The van der Waals surface area contributed by atoms with Crippen LogP contribution in [0.1, 0.15) is 18.4 Å². The molecular weight excluding hydrogens is 212 g/mol. The van der Waals surface area contributed by atoms with Crippen molar-refractivity contribution in [3.8, 4) is 5.75 Å². The van der Waals surface area contributed by atoms with Crippen LogP contribution in [0.25, 0.3) is 0 Å². The predicted octanol–water partition coefficient (Wildman–Crippen LogP) is 1.81. The van der Waals surface area contributed by atoms with E-state index in [-0.39, 0.29) is 0 Å². The molecule has 2 aliphatic heterocycles. The van der Waals surface area contributed by atoms with Crippen molar-refractivity contribution in [2.75, 3.05) is 31.6 Å². The highest BCUT2D eigenvalue weighted by molar-refractivity contribution is 5.58. The molecule has 1 aromatic carbocycles. The molecule has 2 heterocycles. The highest BCUT2D eigenvalue weighted by Crippen LogP contribution is 2.30.